The van der Waals surface area contributed by atoms with Crippen LogP contribution in [0.2, 0.25) is 0 Å². The fourth-order valence-electron chi connectivity index (χ4n) is 3.46. The van der Waals surface area contributed by atoms with Gasteiger partial charge in [-0.15, -0.1) is 0 Å². The lowest BCUT2D eigenvalue weighted by molar-refractivity contribution is -0.124. The zero-order valence-corrected chi connectivity index (χ0v) is 15.7. The van der Waals surface area contributed by atoms with Crippen LogP contribution in [0, 0.1) is 17.6 Å². The molecule has 0 spiro atoms. The molecule has 9 nitrogen and oxygen atoms in total. The third-order valence-corrected chi connectivity index (χ3v) is 4.91. The Kier molecular flexibility index (Phi) is 4.87. The topological polar surface area (TPSA) is 114 Å². The van der Waals surface area contributed by atoms with Gasteiger partial charge in [-0.3, -0.25) is 20.3 Å². The minimum absolute atomic E-state index is 0.0969. The second-order valence-electron chi connectivity index (χ2n) is 6.99. The number of fused-ring (bicyclic) bond motifs is 1. The molecular formula is C18H20F2N8O. The highest BCUT2D eigenvalue weighted by atomic mass is 19.2. The molecule has 0 aliphatic carbocycles. The van der Waals surface area contributed by atoms with Crippen LogP contribution in [0.5, 0.6) is 0 Å². The maximum absolute atomic E-state index is 13.6. The van der Waals surface area contributed by atoms with E-state index in [1.165, 1.54) is 0 Å². The first kappa shape index (κ1) is 18.8. The van der Waals surface area contributed by atoms with Gasteiger partial charge in [0.05, 0.1) is 23.3 Å². The Morgan fingerprint density at radius 2 is 2.07 bits per heavy atom. The summed E-state index contributed by atoms with van der Waals surface area (Å²) in [4.78, 5) is 22.7. The number of nitrogens with one attached hydrogen (secondary N) is 2. The Bertz CT molecular complexity index is 1070. The van der Waals surface area contributed by atoms with Gasteiger partial charge in [0.25, 0.3) is 0 Å². The Labute approximate surface area is 164 Å². The number of nitrogens with two attached hydrogens (primary N) is 1. The van der Waals surface area contributed by atoms with Gasteiger partial charge in [0.1, 0.15) is 0 Å². The van der Waals surface area contributed by atoms with Crippen molar-refractivity contribution in [2.75, 3.05) is 29.1 Å². The average molecular weight is 402 g/mol. The third kappa shape index (κ3) is 3.89. The third-order valence-electron chi connectivity index (χ3n) is 4.91. The predicted molar refractivity (Wildman–Crippen MR) is 104 cm³/mol. The van der Waals surface area contributed by atoms with Crippen LogP contribution in [0.1, 0.15) is 12.8 Å². The average Bonchev–Trinajstić information content (AvgIpc) is 3.14. The summed E-state index contributed by atoms with van der Waals surface area (Å²) < 4.78 is 28.8. The van der Waals surface area contributed by atoms with Crippen LogP contribution in [-0.4, -0.2) is 38.7 Å². The second-order valence-corrected chi connectivity index (χ2v) is 6.99. The molecule has 1 aromatic carbocycles. The number of aryl methyl sites for hydroxylation is 1. The molecule has 1 aliphatic heterocycles. The van der Waals surface area contributed by atoms with Gasteiger partial charge in [-0.2, -0.15) is 10.1 Å². The summed E-state index contributed by atoms with van der Waals surface area (Å²) in [6, 6.07) is 1.89. The lowest BCUT2D eigenvalue weighted by atomic mass is 9.97. The molecule has 1 saturated heterocycles. The molecule has 0 bridgehead atoms. The molecule has 1 amide bonds. The first-order valence-electron chi connectivity index (χ1n) is 9.12. The second kappa shape index (κ2) is 7.49. The lowest BCUT2D eigenvalue weighted by Gasteiger charge is -2.32. The van der Waals surface area contributed by atoms with E-state index in [0.29, 0.717) is 6.54 Å². The van der Waals surface area contributed by atoms with Gasteiger partial charge in [0.15, 0.2) is 17.5 Å². The van der Waals surface area contributed by atoms with Crippen LogP contribution in [-0.2, 0) is 11.8 Å². The summed E-state index contributed by atoms with van der Waals surface area (Å²) in [5, 5.41) is 4.37. The zero-order chi connectivity index (χ0) is 20.5. The molecule has 11 heteroatoms. The van der Waals surface area contributed by atoms with Crippen molar-refractivity contribution in [2.24, 2.45) is 13.0 Å². The van der Waals surface area contributed by atoms with E-state index in [4.69, 9.17) is 5.73 Å². The van der Waals surface area contributed by atoms with Crippen LogP contribution >= 0.6 is 0 Å². The Morgan fingerprint density at radius 3 is 2.83 bits per heavy atom. The van der Waals surface area contributed by atoms with Crippen molar-refractivity contribution in [2.45, 2.75) is 12.8 Å². The number of nitrogen functional groups attached to an aromatic ring is 1. The zero-order valence-electron chi connectivity index (χ0n) is 15.7. The first-order chi connectivity index (χ1) is 13.9. The van der Waals surface area contributed by atoms with Crippen LogP contribution < -0.4 is 21.5 Å². The molecule has 1 unspecified atom stereocenters. The molecule has 2 aromatic heterocycles. The number of anilines is 3. The number of halogens is 2. The number of hydrogen-bond donors (Lipinski definition) is 3. The summed E-state index contributed by atoms with van der Waals surface area (Å²) in [6.07, 6.45) is 5.27. The van der Waals surface area contributed by atoms with Crippen LogP contribution in [0.4, 0.5) is 26.2 Å². The van der Waals surface area contributed by atoms with Crippen LogP contribution in [0.25, 0.3) is 10.9 Å². The number of benzene rings is 1. The SMILES string of the molecule is Cn1cc(N2CCCC(C(=O)NNc3nc(N)nc4cc(F)c(F)cc34)C2)cn1. The normalized spacial score (nSPS) is 16.8. The predicted octanol–water partition coefficient (Wildman–Crippen LogP) is 1.58. The summed E-state index contributed by atoms with van der Waals surface area (Å²) in [7, 11) is 1.84. The number of carbonyl (C=O) groups is 1. The molecule has 0 radical (unpaired) electrons. The van der Waals surface area contributed by atoms with E-state index in [1.54, 1.807) is 10.9 Å². The Balaban J connectivity index is 1.47. The van der Waals surface area contributed by atoms with E-state index in [9.17, 15) is 13.6 Å². The van der Waals surface area contributed by atoms with Gasteiger partial charge in [0.2, 0.25) is 11.9 Å². The van der Waals surface area contributed by atoms with Crippen LogP contribution in [0.15, 0.2) is 24.5 Å². The Hall–Kier alpha value is -3.50. The highest BCUT2D eigenvalue weighted by Gasteiger charge is 2.26. The van der Waals surface area contributed by atoms with Gasteiger partial charge in [-0.1, -0.05) is 0 Å². The number of hydrazine groups is 1. The van der Waals surface area contributed by atoms with E-state index < -0.39 is 11.6 Å². The maximum atomic E-state index is 13.6. The van der Waals surface area contributed by atoms with Crippen LogP contribution in [0.3, 0.4) is 0 Å². The van der Waals surface area contributed by atoms with E-state index in [2.05, 4.69) is 30.8 Å². The number of carbonyl (C=O) groups excluding carboxylic acids is 1. The molecule has 1 aliphatic rings. The molecule has 0 saturated carbocycles. The maximum Gasteiger partial charge on any atom is 0.243 e. The quantitative estimate of drug-likeness (QED) is 0.568. The number of nitrogens with zero attached hydrogens (tertiary/aromatic N) is 5. The van der Waals surface area contributed by atoms with Crippen molar-refractivity contribution >= 4 is 34.3 Å². The molecular weight excluding hydrogens is 382 g/mol. The van der Waals surface area contributed by atoms with Gasteiger partial charge in [0, 0.05) is 37.8 Å². The molecule has 29 heavy (non-hydrogen) atoms. The van der Waals surface area contributed by atoms with Crippen molar-refractivity contribution in [3.8, 4) is 0 Å². The first-order valence-corrected chi connectivity index (χ1v) is 9.12. The molecule has 3 heterocycles. The lowest BCUT2D eigenvalue weighted by Crippen LogP contribution is -2.44. The van der Waals surface area contributed by atoms with Crippen molar-refractivity contribution in [3.63, 3.8) is 0 Å². The number of rotatable bonds is 4. The number of hydrogen-bond acceptors (Lipinski definition) is 7. The molecule has 4 N–H and O–H groups in total. The summed E-state index contributed by atoms with van der Waals surface area (Å²) >= 11 is 0. The van der Waals surface area contributed by atoms with Gasteiger partial charge >= 0.3 is 0 Å². The van der Waals surface area contributed by atoms with Gasteiger partial charge in [-0.25, -0.2) is 13.8 Å². The minimum Gasteiger partial charge on any atom is -0.368 e. The van der Waals surface area contributed by atoms with Gasteiger partial charge in [-0.05, 0) is 18.9 Å². The van der Waals surface area contributed by atoms with E-state index in [0.717, 1.165) is 37.2 Å². The fourth-order valence-corrected chi connectivity index (χ4v) is 3.46. The fraction of sp³-hybridized carbons (Fsp3) is 0.333. The van der Waals surface area contributed by atoms with Gasteiger partial charge < -0.3 is 10.6 Å². The van der Waals surface area contributed by atoms with Crippen molar-refractivity contribution in [1.29, 1.82) is 0 Å². The standard InChI is InChI=1S/C18H20F2N8O/c1-27-9-11(7-22-27)28-4-2-3-10(8-28)17(29)26-25-16-12-5-13(19)14(20)6-15(12)23-18(21)24-16/h5-7,9-10H,2-4,8H2,1H3,(H,26,29)(H3,21,23,24,25). The summed E-state index contributed by atoms with van der Waals surface area (Å²) in [6.45, 7) is 1.40. The highest BCUT2D eigenvalue weighted by Crippen LogP contribution is 2.25. The van der Waals surface area contributed by atoms with E-state index in [1.807, 2.05) is 13.2 Å². The highest BCUT2D eigenvalue weighted by molar-refractivity contribution is 5.91. The van der Waals surface area contributed by atoms with Crippen molar-refractivity contribution in [1.82, 2.24) is 25.2 Å². The van der Waals surface area contributed by atoms with Crippen molar-refractivity contribution in [3.05, 3.63) is 36.2 Å². The number of piperidine rings is 1. The number of aromatic nitrogens is 4. The van der Waals surface area contributed by atoms with Crippen molar-refractivity contribution < 1.29 is 13.6 Å². The molecule has 4 rings (SSSR count). The molecule has 152 valence electrons. The summed E-state index contributed by atoms with van der Waals surface area (Å²) in [5.41, 5.74) is 12.0. The molecule has 3 aromatic rings. The largest absolute Gasteiger partial charge is 0.368 e. The minimum atomic E-state index is -1.04. The summed E-state index contributed by atoms with van der Waals surface area (Å²) in [5.74, 6) is -2.59. The monoisotopic (exact) mass is 402 g/mol. The molecule has 1 fully saturated rings. The Morgan fingerprint density at radius 1 is 1.28 bits per heavy atom. The molecule has 1 atom stereocenters. The smallest absolute Gasteiger partial charge is 0.243 e. The number of amides is 1. The van der Waals surface area contributed by atoms with E-state index >= 15 is 0 Å². The van der Waals surface area contributed by atoms with E-state index in [-0.39, 0.29) is 34.5 Å².